The number of aryl methyl sites for hydroxylation is 2. The molecule has 0 radical (unpaired) electrons. The van der Waals surface area contributed by atoms with Gasteiger partial charge >= 0.3 is 0 Å². The van der Waals surface area contributed by atoms with E-state index >= 15 is 0 Å². The van der Waals surface area contributed by atoms with Crippen LogP contribution in [0.4, 0.5) is 0 Å². The molecule has 0 bridgehead atoms. The third-order valence-electron chi connectivity index (χ3n) is 3.61. The van der Waals surface area contributed by atoms with E-state index in [1.54, 1.807) is 12.4 Å². The first kappa shape index (κ1) is 15.8. The zero-order valence-electron chi connectivity index (χ0n) is 12.5. The molecule has 0 unspecified atom stereocenters. The van der Waals surface area contributed by atoms with Crippen LogP contribution in [-0.2, 0) is 17.8 Å². The molecule has 0 spiro atoms. The molecule has 114 valence electrons. The number of alkyl halides is 1. The lowest BCUT2D eigenvalue weighted by molar-refractivity contribution is -0.131. The van der Waals surface area contributed by atoms with E-state index in [2.05, 4.69) is 14.5 Å². The third kappa shape index (κ3) is 3.53. The van der Waals surface area contributed by atoms with Gasteiger partial charge in [0, 0.05) is 44.6 Å². The van der Waals surface area contributed by atoms with Crippen molar-refractivity contribution in [3.63, 3.8) is 0 Å². The van der Waals surface area contributed by atoms with Gasteiger partial charge in [0.05, 0.1) is 11.7 Å². The summed E-state index contributed by atoms with van der Waals surface area (Å²) < 4.78 is 2.08. The van der Waals surface area contributed by atoms with Gasteiger partial charge in [0.25, 0.3) is 0 Å². The molecule has 0 fully saturated rings. The topological polar surface area (TPSA) is 51.0 Å². The van der Waals surface area contributed by atoms with E-state index in [9.17, 15) is 4.79 Å². The van der Waals surface area contributed by atoms with Crippen molar-refractivity contribution < 1.29 is 4.79 Å². The molecule has 0 atom stereocenters. The number of aromatic nitrogens is 3. The van der Waals surface area contributed by atoms with E-state index in [1.165, 1.54) is 0 Å². The maximum absolute atomic E-state index is 12.2. The van der Waals surface area contributed by atoms with Crippen molar-refractivity contribution >= 4 is 28.5 Å². The Labute approximate surface area is 129 Å². The number of hydrogen-bond donors (Lipinski definition) is 0. The Morgan fingerprint density at radius 1 is 1.38 bits per heavy atom. The summed E-state index contributed by atoms with van der Waals surface area (Å²) in [6.45, 7) is 6.12. The molecule has 1 amide bonds. The zero-order chi connectivity index (χ0) is 15.2. The second-order valence-electron chi connectivity index (χ2n) is 4.80. The number of amides is 1. The number of carbonyl (C=O) groups is 1. The Morgan fingerprint density at radius 2 is 2.14 bits per heavy atom. The summed E-state index contributed by atoms with van der Waals surface area (Å²) in [5, 5.41) is 0. The van der Waals surface area contributed by atoms with Crippen LogP contribution in [0.1, 0.15) is 26.1 Å². The monoisotopic (exact) mass is 308 g/mol. The molecular weight excluding hydrogens is 288 g/mol. The van der Waals surface area contributed by atoms with Gasteiger partial charge in [-0.3, -0.25) is 9.78 Å². The van der Waals surface area contributed by atoms with Gasteiger partial charge in [-0.25, -0.2) is 4.98 Å². The first-order valence-electron chi connectivity index (χ1n) is 7.34. The van der Waals surface area contributed by atoms with Gasteiger partial charge in [-0.05, 0) is 19.9 Å². The molecule has 2 aromatic heterocycles. The second kappa shape index (κ2) is 7.41. The normalized spacial score (nSPS) is 11.0. The highest BCUT2D eigenvalue weighted by atomic mass is 35.5. The van der Waals surface area contributed by atoms with Crippen LogP contribution in [0.25, 0.3) is 11.0 Å². The molecule has 21 heavy (non-hydrogen) atoms. The van der Waals surface area contributed by atoms with Crippen LogP contribution in [0.3, 0.4) is 0 Å². The van der Waals surface area contributed by atoms with Gasteiger partial charge < -0.3 is 9.47 Å². The highest BCUT2D eigenvalue weighted by Crippen LogP contribution is 2.16. The van der Waals surface area contributed by atoms with Crippen LogP contribution in [0.15, 0.2) is 18.5 Å². The van der Waals surface area contributed by atoms with Crippen molar-refractivity contribution in [3.05, 3.63) is 24.3 Å². The van der Waals surface area contributed by atoms with E-state index in [-0.39, 0.29) is 5.91 Å². The summed E-state index contributed by atoms with van der Waals surface area (Å²) >= 11 is 5.85. The number of halogens is 1. The Bertz CT molecular complexity index is 607. The molecule has 0 saturated heterocycles. The van der Waals surface area contributed by atoms with Crippen molar-refractivity contribution in [2.75, 3.05) is 19.0 Å². The first-order chi connectivity index (χ1) is 10.2. The number of hydrogen-bond acceptors (Lipinski definition) is 3. The van der Waals surface area contributed by atoms with Gasteiger partial charge in [-0.1, -0.05) is 0 Å². The smallest absolute Gasteiger partial charge is 0.224 e. The minimum atomic E-state index is 0.174. The number of rotatable bonds is 7. The number of fused-ring (bicyclic) bond motifs is 1. The van der Waals surface area contributed by atoms with E-state index < -0.39 is 0 Å². The average Bonchev–Trinajstić information content (AvgIpc) is 2.84. The van der Waals surface area contributed by atoms with Crippen LogP contribution < -0.4 is 0 Å². The molecule has 2 aromatic rings. The molecule has 0 aliphatic heterocycles. The largest absolute Gasteiger partial charge is 0.343 e. The fraction of sp³-hybridized carbons (Fsp3) is 0.533. The summed E-state index contributed by atoms with van der Waals surface area (Å²) in [5.74, 6) is 1.61. The lowest BCUT2D eigenvalue weighted by Crippen LogP contribution is -2.31. The summed E-state index contributed by atoms with van der Waals surface area (Å²) in [4.78, 5) is 22.7. The van der Waals surface area contributed by atoms with Gasteiger partial charge in [0.2, 0.25) is 5.91 Å². The maximum atomic E-state index is 12.2. The SMILES string of the molecule is CCN(CC)C(=O)CCn1c(CCCl)nc2cnccc21. The molecule has 0 aliphatic rings. The fourth-order valence-corrected chi connectivity index (χ4v) is 2.67. The Morgan fingerprint density at radius 3 is 2.81 bits per heavy atom. The standard InChI is InChI=1S/C15H21ClN4O/c1-3-19(4-2)15(21)7-10-20-13-6-9-17-11-12(13)18-14(20)5-8-16/h6,9,11H,3-5,7-8,10H2,1-2H3. The third-order valence-corrected chi connectivity index (χ3v) is 3.80. The predicted molar refractivity (Wildman–Crippen MR) is 84.5 cm³/mol. The summed E-state index contributed by atoms with van der Waals surface area (Å²) in [6, 6.07) is 1.93. The molecule has 2 rings (SSSR count). The molecule has 5 nitrogen and oxygen atoms in total. The molecule has 0 saturated carbocycles. The van der Waals surface area contributed by atoms with Crippen LogP contribution in [0, 0.1) is 0 Å². The van der Waals surface area contributed by atoms with E-state index in [4.69, 9.17) is 11.6 Å². The molecule has 6 heteroatoms. The van der Waals surface area contributed by atoms with Crippen molar-refractivity contribution in [1.29, 1.82) is 0 Å². The molecule has 0 aromatic carbocycles. The van der Waals surface area contributed by atoms with Crippen LogP contribution in [0.2, 0.25) is 0 Å². The second-order valence-corrected chi connectivity index (χ2v) is 5.18. The maximum Gasteiger partial charge on any atom is 0.224 e. The van der Waals surface area contributed by atoms with Gasteiger partial charge in [-0.15, -0.1) is 11.6 Å². The van der Waals surface area contributed by atoms with Gasteiger partial charge in [-0.2, -0.15) is 0 Å². The van der Waals surface area contributed by atoms with Crippen LogP contribution >= 0.6 is 11.6 Å². The number of carbonyl (C=O) groups excluding carboxylic acids is 1. The molecular formula is C15H21ClN4O. The van der Waals surface area contributed by atoms with E-state index in [0.29, 0.717) is 25.3 Å². The number of imidazole rings is 1. The number of nitrogens with zero attached hydrogens (tertiary/aromatic N) is 4. The fourth-order valence-electron chi connectivity index (χ4n) is 2.50. The van der Waals surface area contributed by atoms with Crippen molar-refractivity contribution in [1.82, 2.24) is 19.4 Å². The first-order valence-corrected chi connectivity index (χ1v) is 7.87. The quantitative estimate of drug-likeness (QED) is 0.738. The lowest BCUT2D eigenvalue weighted by atomic mass is 10.3. The Hall–Kier alpha value is -1.62. The van der Waals surface area contributed by atoms with Crippen LogP contribution in [0.5, 0.6) is 0 Å². The predicted octanol–water partition coefficient (Wildman–Crippen LogP) is 2.47. The zero-order valence-corrected chi connectivity index (χ0v) is 13.3. The highest BCUT2D eigenvalue weighted by Gasteiger charge is 2.14. The summed E-state index contributed by atoms with van der Waals surface area (Å²) in [7, 11) is 0. The molecule has 0 aliphatic carbocycles. The van der Waals surface area contributed by atoms with E-state index in [1.807, 2.05) is 24.8 Å². The van der Waals surface area contributed by atoms with Crippen molar-refractivity contribution in [2.45, 2.75) is 33.2 Å². The average molecular weight is 309 g/mol. The van der Waals surface area contributed by atoms with E-state index in [0.717, 1.165) is 29.9 Å². The Balaban J connectivity index is 2.20. The van der Waals surface area contributed by atoms with Crippen LogP contribution in [-0.4, -0.2) is 44.3 Å². The Kier molecular flexibility index (Phi) is 5.56. The minimum Gasteiger partial charge on any atom is -0.343 e. The van der Waals surface area contributed by atoms with Gasteiger partial charge in [0.1, 0.15) is 11.3 Å². The minimum absolute atomic E-state index is 0.174. The van der Waals surface area contributed by atoms with Crippen molar-refractivity contribution in [3.8, 4) is 0 Å². The summed E-state index contributed by atoms with van der Waals surface area (Å²) in [6.07, 6.45) is 4.66. The molecule has 0 N–H and O–H groups in total. The van der Waals surface area contributed by atoms with Gasteiger partial charge in [0.15, 0.2) is 0 Å². The highest BCUT2D eigenvalue weighted by molar-refractivity contribution is 6.17. The lowest BCUT2D eigenvalue weighted by Gasteiger charge is -2.19. The molecule has 2 heterocycles. The van der Waals surface area contributed by atoms with Crippen molar-refractivity contribution in [2.24, 2.45) is 0 Å². The summed E-state index contributed by atoms with van der Waals surface area (Å²) in [5.41, 5.74) is 1.87. The number of pyridine rings is 1.